The number of nitrogens with zero attached hydrogens (tertiary/aromatic N) is 3. The van der Waals surface area contributed by atoms with Gasteiger partial charge in [0.15, 0.2) is 0 Å². The molecule has 0 spiro atoms. The van der Waals surface area contributed by atoms with Crippen molar-refractivity contribution in [3.8, 4) is 11.4 Å². The Morgan fingerprint density at radius 2 is 1.88 bits per heavy atom. The summed E-state index contributed by atoms with van der Waals surface area (Å²) in [5.74, 6) is 0.976. The van der Waals surface area contributed by atoms with Crippen LogP contribution in [0.15, 0.2) is 48.8 Å². The zero-order valence-corrected chi connectivity index (χ0v) is 8.96. The van der Waals surface area contributed by atoms with Gasteiger partial charge in [0.2, 0.25) is 0 Å². The average molecular weight is 209 g/mol. The van der Waals surface area contributed by atoms with Crippen molar-refractivity contribution in [2.75, 3.05) is 0 Å². The van der Waals surface area contributed by atoms with Gasteiger partial charge in [0.25, 0.3) is 0 Å². The molecule has 0 amide bonds. The molecule has 0 radical (unpaired) electrons. The van der Waals surface area contributed by atoms with Crippen LogP contribution in [0.4, 0.5) is 0 Å². The van der Waals surface area contributed by atoms with Crippen LogP contribution in [-0.2, 0) is 7.05 Å². The van der Waals surface area contributed by atoms with Gasteiger partial charge in [0.05, 0.1) is 17.2 Å². The Hall–Kier alpha value is -2.16. The van der Waals surface area contributed by atoms with Crippen LogP contribution < -0.4 is 0 Å². The first kappa shape index (κ1) is 9.09. The summed E-state index contributed by atoms with van der Waals surface area (Å²) in [7, 11) is 2.01. The molecule has 16 heavy (non-hydrogen) atoms. The smallest absolute Gasteiger partial charge is 0.140 e. The molecule has 2 heterocycles. The molecular weight excluding hydrogens is 198 g/mol. The van der Waals surface area contributed by atoms with Crippen molar-refractivity contribution in [3.05, 3.63) is 48.8 Å². The maximum Gasteiger partial charge on any atom is 0.140 e. The van der Waals surface area contributed by atoms with E-state index in [2.05, 4.69) is 26.7 Å². The molecule has 78 valence electrons. The number of fused-ring (bicyclic) bond motifs is 1. The Labute approximate surface area is 93.4 Å². The number of rotatable bonds is 1. The standard InChI is InChI=1S/C13H11N3/c1-16-12-9-14-8-7-11(12)15-13(16)10-5-3-2-4-6-10/h2-9H,1H3. The predicted octanol–water partition coefficient (Wildman–Crippen LogP) is 2.64. The van der Waals surface area contributed by atoms with E-state index in [-0.39, 0.29) is 0 Å². The van der Waals surface area contributed by atoms with E-state index in [1.165, 1.54) is 0 Å². The van der Waals surface area contributed by atoms with Gasteiger partial charge in [-0.25, -0.2) is 4.98 Å². The summed E-state index contributed by atoms with van der Waals surface area (Å²) in [5.41, 5.74) is 3.17. The third-order valence-electron chi connectivity index (χ3n) is 2.72. The monoisotopic (exact) mass is 209 g/mol. The van der Waals surface area contributed by atoms with Crippen LogP contribution in [0.25, 0.3) is 22.4 Å². The highest BCUT2D eigenvalue weighted by Crippen LogP contribution is 2.22. The molecule has 3 nitrogen and oxygen atoms in total. The van der Waals surface area contributed by atoms with Crippen molar-refractivity contribution in [1.82, 2.24) is 14.5 Å². The molecule has 3 heteroatoms. The molecule has 0 saturated carbocycles. The molecule has 0 aliphatic carbocycles. The summed E-state index contributed by atoms with van der Waals surface area (Å²) < 4.78 is 2.07. The summed E-state index contributed by atoms with van der Waals surface area (Å²) in [5, 5.41) is 0. The minimum absolute atomic E-state index is 0.976. The number of aryl methyl sites for hydroxylation is 1. The van der Waals surface area contributed by atoms with Crippen LogP contribution in [-0.4, -0.2) is 14.5 Å². The first-order valence-corrected chi connectivity index (χ1v) is 5.18. The minimum atomic E-state index is 0.976. The lowest BCUT2D eigenvalue weighted by atomic mass is 10.2. The molecule has 2 aromatic heterocycles. The van der Waals surface area contributed by atoms with E-state index >= 15 is 0 Å². The van der Waals surface area contributed by atoms with Gasteiger partial charge in [0, 0.05) is 18.8 Å². The first-order valence-electron chi connectivity index (χ1n) is 5.18. The molecular formula is C13H11N3. The number of hydrogen-bond acceptors (Lipinski definition) is 2. The number of benzene rings is 1. The zero-order valence-electron chi connectivity index (χ0n) is 8.96. The molecule has 3 rings (SSSR count). The van der Waals surface area contributed by atoms with Crippen molar-refractivity contribution >= 4 is 11.0 Å². The fraction of sp³-hybridized carbons (Fsp3) is 0.0769. The molecule has 0 fully saturated rings. The van der Waals surface area contributed by atoms with Crippen molar-refractivity contribution in [2.45, 2.75) is 0 Å². The van der Waals surface area contributed by atoms with Crippen molar-refractivity contribution < 1.29 is 0 Å². The summed E-state index contributed by atoms with van der Waals surface area (Å²) in [6.45, 7) is 0. The van der Waals surface area contributed by atoms with Crippen LogP contribution >= 0.6 is 0 Å². The largest absolute Gasteiger partial charge is 0.326 e. The number of aromatic nitrogens is 3. The van der Waals surface area contributed by atoms with Gasteiger partial charge in [-0.1, -0.05) is 30.3 Å². The minimum Gasteiger partial charge on any atom is -0.326 e. The van der Waals surface area contributed by atoms with E-state index in [1.54, 1.807) is 6.20 Å². The molecule has 0 atom stereocenters. The van der Waals surface area contributed by atoms with Crippen molar-refractivity contribution in [2.24, 2.45) is 7.05 Å². The normalized spacial score (nSPS) is 10.8. The Kier molecular flexibility index (Phi) is 1.96. The molecule has 1 aromatic carbocycles. The second-order valence-electron chi connectivity index (χ2n) is 3.72. The molecule has 0 unspecified atom stereocenters. The van der Waals surface area contributed by atoms with Gasteiger partial charge in [-0.05, 0) is 6.07 Å². The zero-order chi connectivity index (χ0) is 11.0. The summed E-state index contributed by atoms with van der Waals surface area (Å²) in [6, 6.07) is 12.1. The number of imidazole rings is 1. The van der Waals surface area contributed by atoms with Crippen LogP contribution in [0.5, 0.6) is 0 Å². The second kappa shape index (κ2) is 3.45. The third kappa shape index (κ3) is 1.29. The van der Waals surface area contributed by atoms with E-state index in [4.69, 9.17) is 0 Å². The van der Waals surface area contributed by atoms with E-state index in [0.29, 0.717) is 0 Å². The Bertz CT molecular complexity index is 626. The summed E-state index contributed by atoms with van der Waals surface area (Å²) in [4.78, 5) is 8.73. The number of hydrogen-bond donors (Lipinski definition) is 0. The lowest BCUT2D eigenvalue weighted by Crippen LogP contribution is -1.91. The SMILES string of the molecule is Cn1c(-c2ccccc2)nc2ccncc21. The Morgan fingerprint density at radius 3 is 2.62 bits per heavy atom. The second-order valence-corrected chi connectivity index (χ2v) is 3.72. The van der Waals surface area contributed by atoms with Gasteiger partial charge in [-0.2, -0.15) is 0 Å². The predicted molar refractivity (Wildman–Crippen MR) is 63.9 cm³/mol. The van der Waals surface area contributed by atoms with E-state index in [0.717, 1.165) is 22.4 Å². The lowest BCUT2D eigenvalue weighted by molar-refractivity contribution is 0.956. The van der Waals surface area contributed by atoms with Gasteiger partial charge >= 0.3 is 0 Å². The van der Waals surface area contributed by atoms with E-state index in [1.807, 2.05) is 37.5 Å². The fourth-order valence-electron chi connectivity index (χ4n) is 1.88. The molecule has 0 aliphatic heterocycles. The van der Waals surface area contributed by atoms with Gasteiger partial charge < -0.3 is 4.57 Å². The third-order valence-corrected chi connectivity index (χ3v) is 2.72. The highest BCUT2D eigenvalue weighted by Gasteiger charge is 2.08. The van der Waals surface area contributed by atoms with E-state index in [9.17, 15) is 0 Å². The Morgan fingerprint density at radius 1 is 1.06 bits per heavy atom. The fourth-order valence-corrected chi connectivity index (χ4v) is 1.88. The lowest BCUT2D eigenvalue weighted by Gasteiger charge is -2.01. The van der Waals surface area contributed by atoms with Crippen molar-refractivity contribution in [1.29, 1.82) is 0 Å². The molecule has 0 aliphatic rings. The van der Waals surface area contributed by atoms with E-state index < -0.39 is 0 Å². The van der Waals surface area contributed by atoms with Crippen LogP contribution in [0.1, 0.15) is 0 Å². The van der Waals surface area contributed by atoms with Crippen molar-refractivity contribution in [3.63, 3.8) is 0 Å². The Balaban J connectivity index is 2.29. The molecule has 0 bridgehead atoms. The summed E-state index contributed by atoms with van der Waals surface area (Å²) >= 11 is 0. The molecule has 0 N–H and O–H groups in total. The van der Waals surface area contributed by atoms with Gasteiger partial charge in [0.1, 0.15) is 5.82 Å². The number of pyridine rings is 1. The summed E-state index contributed by atoms with van der Waals surface area (Å²) in [6.07, 6.45) is 3.61. The molecule has 3 aromatic rings. The topological polar surface area (TPSA) is 30.7 Å². The quantitative estimate of drug-likeness (QED) is 0.616. The maximum atomic E-state index is 4.61. The van der Waals surface area contributed by atoms with Crippen LogP contribution in [0.3, 0.4) is 0 Å². The maximum absolute atomic E-state index is 4.61. The highest BCUT2D eigenvalue weighted by atomic mass is 15.1. The highest BCUT2D eigenvalue weighted by molar-refractivity contribution is 5.79. The van der Waals surface area contributed by atoms with Gasteiger partial charge in [-0.3, -0.25) is 4.98 Å². The molecule has 0 saturated heterocycles. The van der Waals surface area contributed by atoms with Crippen LogP contribution in [0, 0.1) is 0 Å². The average Bonchev–Trinajstić information content (AvgIpc) is 2.69. The van der Waals surface area contributed by atoms with Crippen LogP contribution in [0.2, 0.25) is 0 Å². The first-order chi connectivity index (χ1) is 7.86. The van der Waals surface area contributed by atoms with Gasteiger partial charge in [-0.15, -0.1) is 0 Å².